The van der Waals surface area contributed by atoms with Crippen molar-refractivity contribution in [1.82, 2.24) is 15.3 Å². The molecule has 0 aliphatic heterocycles. The van der Waals surface area contributed by atoms with E-state index in [0.717, 1.165) is 25.7 Å². The van der Waals surface area contributed by atoms with Crippen LogP contribution >= 0.6 is 0 Å². The Hall–Kier alpha value is -4.46. The number of ether oxygens (including phenoxy) is 2. The van der Waals surface area contributed by atoms with E-state index in [1.165, 1.54) is 35.5 Å². The summed E-state index contributed by atoms with van der Waals surface area (Å²) in [5.41, 5.74) is 2.62. The standard InChI is InChI=1S/C26H32F3N5O3.C6H4/c1-5-34(17-18-10-12-20(13-11-18)32-24(35)37-25(2,3)4)22-14-15-30-23(33-22)31-16-19-8-6-7-9-21(19)36-26(27,28)29;1-2-5-4-6(5)3-1/h1,6-9,14-15,18,20H,10-13,16-17H2,2-4H3,(H,32,35)(H,30,31,33);1-4H. The Bertz CT molecular complexity index is 1410. The number of benzene rings is 2. The number of amides is 1. The summed E-state index contributed by atoms with van der Waals surface area (Å²) >= 11 is 0. The molecule has 3 aliphatic rings. The molecule has 2 N–H and O–H groups in total. The highest BCUT2D eigenvalue weighted by Crippen LogP contribution is 2.33. The molecule has 0 atom stereocenters. The molecule has 0 saturated heterocycles. The molecule has 1 saturated carbocycles. The third-order valence-corrected chi connectivity index (χ3v) is 6.83. The highest BCUT2D eigenvalue weighted by atomic mass is 19.4. The Morgan fingerprint density at radius 1 is 1.05 bits per heavy atom. The van der Waals surface area contributed by atoms with Crippen LogP contribution in [0, 0.1) is 18.4 Å². The number of hydrogen-bond donors (Lipinski definition) is 2. The summed E-state index contributed by atoms with van der Waals surface area (Å²) in [5.74, 6) is 0.754. The van der Waals surface area contributed by atoms with E-state index in [4.69, 9.17) is 11.2 Å². The molecule has 1 aromatic carbocycles. The summed E-state index contributed by atoms with van der Waals surface area (Å²) in [4.78, 5) is 22.3. The Morgan fingerprint density at radius 2 is 1.74 bits per heavy atom. The van der Waals surface area contributed by atoms with E-state index in [1.54, 1.807) is 17.0 Å². The lowest BCUT2D eigenvalue weighted by Crippen LogP contribution is -2.41. The second kappa shape index (κ2) is 13.7. The van der Waals surface area contributed by atoms with Crippen molar-refractivity contribution in [2.75, 3.05) is 16.8 Å². The van der Waals surface area contributed by atoms with Gasteiger partial charge in [-0.1, -0.05) is 42.8 Å². The van der Waals surface area contributed by atoms with E-state index in [1.807, 2.05) is 20.8 Å². The number of rotatable bonds is 8. The van der Waals surface area contributed by atoms with Gasteiger partial charge in [-0.15, -0.1) is 13.2 Å². The van der Waals surface area contributed by atoms with Crippen molar-refractivity contribution >= 4 is 17.9 Å². The van der Waals surface area contributed by atoms with E-state index in [0.29, 0.717) is 23.8 Å². The quantitative estimate of drug-likeness (QED) is 0.165. The number of alkyl halides is 3. The molecule has 0 bridgehead atoms. The SMILES string of the molecule is C#CN(CC1CCC(NC(=O)OC(C)(C)C)CC1)c1ccnc(NCc2ccccc2OC(F)(F)F)n1.c1cc2cc-2c1. The molecule has 228 valence electrons. The number of carbonyl (C=O) groups excluding carboxylic acids is 1. The van der Waals surface area contributed by atoms with Crippen LogP contribution in [0.5, 0.6) is 5.75 Å². The number of terminal acetylenes is 1. The van der Waals surface area contributed by atoms with Gasteiger partial charge in [0.15, 0.2) is 0 Å². The van der Waals surface area contributed by atoms with Crippen LogP contribution in [0.4, 0.5) is 29.7 Å². The number of halogens is 3. The molecule has 1 aromatic heterocycles. The van der Waals surface area contributed by atoms with Gasteiger partial charge in [0, 0.05) is 43.0 Å². The van der Waals surface area contributed by atoms with Crippen LogP contribution in [-0.4, -0.2) is 40.6 Å². The summed E-state index contributed by atoms with van der Waals surface area (Å²) in [6.07, 6.45) is 5.50. The molecule has 0 unspecified atom stereocenters. The predicted molar refractivity (Wildman–Crippen MR) is 159 cm³/mol. The largest absolute Gasteiger partial charge is 0.573 e. The predicted octanol–water partition coefficient (Wildman–Crippen LogP) is 7.13. The van der Waals surface area contributed by atoms with Gasteiger partial charge in [0.25, 0.3) is 0 Å². The fraction of sp³-hybridized carbons (Fsp3) is 0.406. The minimum Gasteiger partial charge on any atom is -0.444 e. The molecule has 43 heavy (non-hydrogen) atoms. The molecule has 2 aromatic rings. The highest BCUT2D eigenvalue weighted by molar-refractivity contribution is 5.80. The molecule has 1 amide bonds. The van der Waals surface area contributed by atoms with E-state index in [-0.39, 0.29) is 24.3 Å². The fourth-order valence-corrected chi connectivity index (χ4v) is 4.74. The van der Waals surface area contributed by atoms with Crippen molar-refractivity contribution in [2.24, 2.45) is 5.92 Å². The van der Waals surface area contributed by atoms with Crippen LogP contribution in [0.1, 0.15) is 52.0 Å². The van der Waals surface area contributed by atoms with Crippen molar-refractivity contribution < 1.29 is 27.4 Å². The average molecular weight is 596 g/mol. The first-order valence-electron chi connectivity index (χ1n) is 14.1. The first-order valence-corrected chi connectivity index (χ1v) is 14.1. The Morgan fingerprint density at radius 3 is 2.33 bits per heavy atom. The van der Waals surface area contributed by atoms with Crippen LogP contribution in [0.25, 0.3) is 11.1 Å². The maximum absolute atomic E-state index is 12.7. The zero-order valence-corrected chi connectivity index (χ0v) is 24.4. The summed E-state index contributed by atoms with van der Waals surface area (Å²) in [6.45, 7) is 6.09. The van der Waals surface area contributed by atoms with Gasteiger partial charge in [-0.2, -0.15) is 4.98 Å². The van der Waals surface area contributed by atoms with E-state index in [9.17, 15) is 18.0 Å². The Balaban J connectivity index is 0.000000615. The third kappa shape index (κ3) is 10.4. The number of para-hydroxylation sites is 1. The zero-order chi connectivity index (χ0) is 31.0. The summed E-state index contributed by atoms with van der Waals surface area (Å²) in [6, 6.07) is 18.7. The lowest BCUT2D eigenvalue weighted by Gasteiger charge is -2.32. The van der Waals surface area contributed by atoms with E-state index < -0.39 is 18.1 Å². The molecule has 0 spiro atoms. The number of carbonyl (C=O) groups is 1. The molecule has 11 heteroatoms. The zero-order valence-electron chi connectivity index (χ0n) is 24.4. The molecular weight excluding hydrogens is 559 g/mol. The normalized spacial score (nSPS) is 17.0. The van der Waals surface area contributed by atoms with Gasteiger partial charge >= 0.3 is 12.5 Å². The van der Waals surface area contributed by atoms with Gasteiger partial charge in [0.05, 0.1) is 0 Å². The summed E-state index contributed by atoms with van der Waals surface area (Å²) in [5, 5.41) is 5.86. The van der Waals surface area contributed by atoms with Crippen LogP contribution in [0.3, 0.4) is 0 Å². The van der Waals surface area contributed by atoms with Gasteiger partial charge in [0.2, 0.25) is 5.95 Å². The molecule has 8 nitrogen and oxygen atoms in total. The second-order valence-electron chi connectivity index (χ2n) is 11.4. The molecule has 0 radical (unpaired) electrons. The number of aromatic nitrogens is 2. The van der Waals surface area contributed by atoms with E-state index in [2.05, 4.69) is 55.6 Å². The van der Waals surface area contributed by atoms with E-state index >= 15 is 0 Å². The first-order chi connectivity index (χ1) is 20.4. The number of nitrogens with zero attached hydrogens (tertiary/aromatic N) is 3. The van der Waals surface area contributed by atoms with Crippen molar-refractivity contribution in [3.05, 3.63) is 66.4 Å². The lowest BCUT2D eigenvalue weighted by molar-refractivity contribution is -0.274. The Labute approximate surface area is 250 Å². The lowest BCUT2D eigenvalue weighted by atomic mass is 9.86. The van der Waals surface area contributed by atoms with Gasteiger partial charge in [-0.3, -0.25) is 4.90 Å². The topological polar surface area (TPSA) is 88.6 Å². The van der Waals surface area contributed by atoms with Gasteiger partial charge in [-0.05, 0) is 75.6 Å². The molecule has 1 heterocycles. The van der Waals surface area contributed by atoms with Crippen LogP contribution < -0.4 is 20.3 Å². The first kappa shape index (κ1) is 31.5. The summed E-state index contributed by atoms with van der Waals surface area (Å²) < 4.78 is 47.5. The molecule has 5 rings (SSSR count). The summed E-state index contributed by atoms with van der Waals surface area (Å²) in [7, 11) is 0. The van der Waals surface area contributed by atoms with Crippen molar-refractivity contribution in [3.63, 3.8) is 0 Å². The van der Waals surface area contributed by atoms with Gasteiger partial charge in [-0.25, -0.2) is 9.78 Å². The maximum Gasteiger partial charge on any atom is 0.573 e. The number of hydrogen-bond acceptors (Lipinski definition) is 7. The number of anilines is 2. The number of alkyl carbamates (subject to hydrolysis) is 1. The maximum atomic E-state index is 12.7. The number of fused-ring (bicyclic) bond motifs is 1. The third-order valence-electron chi connectivity index (χ3n) is 6.83. The van der Waals surface area contributed by atoms with Crippen molar-refractivity contribution in [2.45, 2.75) is 71.0 Å². The van der Waals surface area contributed by atoms with Crippen LogP contribution in [0.2, 0.25) is 0 Å². The van der Waals surface area contributed by atoms with Crippen LogP contribution in [0.15, 0.2) is 60.8 Å². The van der Waals surface area contributed by atoms with Crippen LogP contribution in [-0.2, 0) is 11.3 Å². The molecular formula is C32H36F3N5O3. The van der Waals surface area contributed by atoms with Crippen molar-refractivity contribution in [1.29, 1.82) is 0 Å². The Kier molecular flexibility index (Phi) is 10.0. The highest BCUT2D eigenvalue weighted by Gasteiger charge is 2.32. The minimum absolute atomic E-state index is 0.0282. The minimum atomic E-state index is -4.79. The second-order valence-corrected chi connectivity index (χ2v) is 11.4. The average Bonchev–Trinajstić information content (AvgIpc) is 3.54. The molecule has 1 fully saturated rings. The molecule has 3 aliphatic carbocycles. The fourth-order valence-electron chi connectivity index (χ4n) is 4.74. The number of nitrogens with one attached hydrogen (secondary N) is 2. The van der Waals surface area contributed by atoms with Gasteiger partial charge in [0.1, 0.15) is 17.2 Å². The van der Waals surface area contributed by atoms with Gasteiger partial charge < -0.3 is 20.1 Å². The monoisotopic (exact) mass is 595 g/mol. The smallest absolute Gasteiger partial charge is 0.444 e. The van der Waals surface area contributed by atoms with Crippen molar-refractivity contribution in [3.8, 4) is 29.3 Å².